The highest BCUT2D eigenvalue weighted by atomic mass is 16.1. The maximum absolute atomic E-state index is 12.2. The fraction of sp³-hybridized carbons (Fsp3) is 0.921. The maximum Gasteiger partial charge on any atom is 0.132 e. The van der Waals surface area contributed by atoms with Crippen molar-refractivity contribution in [2.45, 2.75) is 206 Å². The van der Waals surface area contributed by atoms with Crippen molar-refractivity contribution in [3.05, 3.63) is 12.2 Å². The van der Waals surface area contributed by atoms with Crippen LogP contribution in [0.15, 0.2) is 12.2 Å². The van der Waals surface area contributed by atoms with E-state index in [2.05, 4.69) is 24.4 Å². The van der Waals surface area contributed by atoms with Crippen LogP contribution < -0.4 is 11.1 Å². The molecule has 0 amide bonds. The highest BCUT2D eigenvalue weighted by Crippen LogP contribution is 2.15. The molecule has 0 aliphatic carbocycles. The molecule has 0 bridgehead atoms. The van der Waals surface area contributed by atoms with E-state index in [-0.39, 0.29) is 0 Å². The number of rotatable bonds is 36. The van der Waals surface area contributed by atoms with E-state index in [9.17, 15) is 4.79 Å². The number of Topliss-reactive ketones (excluding diaryl/α,β-unsaturated/α-hetero) is 1. The van der Waals surface area contributed by atoms with E-state index in [1.54, 1.807) is 0 Å². The van der Waals surface area contributed by atoms with Gasteiger partial charge in [0.15, 0.2) is 0 Å². The maximum atomic E-state index is 12.2. The summed E-state index contributed by atoms with van der Waals surface area (Å²) in [6, 6.07) is 0. The van der Waals surface area contributed by atoms with Crippen LogP contribution >= 0.6 is 0 Å². The number of hydrogen-bond acceptors (Lipinski definition) is 3. The molecule has 0 saturated heterocycles. The first-order chi connectivity index (χ1) is 20.3. The smallest absolute Gasteiger partial charge is 0.132 e. The molecule has 3 heteroatoms. The summed E-state index contributed by atoms with van der Waals surface area (Å²) in [6.07, 6.45) is 45.5. The van der Waals surface area contributed by atoms with Gasteiger partial charge in [0.25, 0.3) is 0 Å². The van der Waals surface area contributed by atoms with Gasteiger partial charge < -0.3 is 11.1 Å². The predicted molar refractivity (Wildman–Crippen MR) is 185 cm³/mol. The summed E-state index contributed by atoms with van der Waals surface area (Å²) >= 11 is 0. The Hall–Kier alpha value is -0.670. The van der Waals surface area contributed by atoms with Gasteiger partial charge in [-0.2, -0.15) is 0 Å². The van der Waals surface area contributed by atoms with Gasteiger partial charge in [-0.05, 0) is 51.5 Å². The van der Waals surface area contributed by atoms with Gasteiger partial charge in [0.05, 0.1) is 0 Å². The van der Waals surface area contributed by atoms with E-state index < -0.39 is 0 Å². The van der Waals surface area contributed by atoms with Gasteiger partial charge >= 0.3 is 0 Å². The lowest BCUT2D eigenvalue weighted by Crippen LogP contribution is -2.23. The normalized spacial score (nSPS) is 11.7. The van der Waals surface area contributed by atoms with E-state index in [0.717, 1.165) is 45.3 Å². The highest BCUT2D eigenvalue weighted by Gasteiger charge is 2.02. The van der Waals surface area contributed by atoms with Gasteiger partial charge in [-0.25, -0.2) is 0 Å². The third-order valence-electron chi connectivity index (χ3n) is 8.60. The molecule has 244 valence electrons. The molecule has 0 aromatic carbocycles. The third kappa shape index (κ3) is 37.3. The molecule has 0 heterocycles. The van der Waals surface area contributed by atoms with E-state index in [4.69, 9.17) is 5.73 Å². The van der Waals surface area contributed by atoms with Crippen LogP contribution in [0.25, 0.3) is 0 Å². The second-order valence-electron chi connectivity index (χ2n) is 12.8. The summed E-state index contributed by atoms with van der Waals surface area (Å²) in [6.45, 7) is 5.13. The Kier molecular flexibility index (Phi) is 36.7. The quantitative estimate of drug-likeness (QED) is 0.0576. The lowest BCUT2D eigenvalue weighted by Gasteiger charge is -2.05. The molecule has 3 N–H and O–H groups in total. The first kappa shape index (κ1) is 40.3. The number of nitrogens with one attached hydrogen (secondary N) is 1. The van der Waals surface area contributed by atoms with E-state index in [1.165, 1.54) is 173 Å². The first-order valence-electron chi connectivity index (χ1n) is 18.9. The lowest BCUT2D eigenvalue weighted by molar-refractivity contribution is -0.119. The van der Waals surface area contributed by atoms with Gasteiger partial charge in [0.1, 0.15) is 5.78 Å². The molecular formula is C38H76N2O. The summed E-state index contributed by atoms with van der Waals surface area (Å²) in [5.41, 5.74) is 5.48. The van der Waals surface area contributed by atoms with E-state index in [0.29, 0.717) is 5.78 Å². The van der Waals surface area contributed by atoms with Crippen LogP contribution in [0, 0.1) is 0 Å². The van der Waals surface area contributed by atoms with Crippen molar-refractivity contribution >= 4 is 5.78 Å². The zero-order valence-electron chi connectivity index (χ0n) is 28.2. The Morgan fingerprint density at radius 2 is 0.805 bits per heavy atom. The van der Waals surface area contributed by atoms with Gasteiger partial charge in [-0.1, -0.05) is 160 Å². The Bertz CT molecular complexity index is 518. The summed E-state index contributed by atoms with van der Waals surface area (Å²) in [7, 11) is 0. The number of hydrogen-bond donors (Lipinski definition) is 2. The zero-order valence-corrected chi connectivity index (χ0v) is 28.2. The van der Waals surface area contributed by atoms with Crippen molar-refractivity contribution in [2.24, 2.45) is 5.73 Å². The van der Waals surface area contributed by atoms with Crippen LogP contribution in [0.1, 0.15) is 206 Å². The predicted octanol–water partition coefficient (Wildman–Crippen LogP) is 11.8. The Balaban J connectivity index is 3.17. The average molecular weight is 577 g/mol. The van der Waals surface area contributed by atoms with Crippen LogP contribution in [0.3, 0.4) is 0 Å². The van der Waals surface area contributed by atoms with Crippen LogP contribution in [0.4, 0.5) is 0 Å². The van der Waals surface area contributed by atoms with Crippen molar-refractivity contribution in [2.75, 3.05) is 19.6 Å². The number of unbranched alkanes of at least 4 members (excludes halogenated alkanes) is 26. The van der Waals surface area contributed by atoms with Crippen molar-refractivity contribution in [1.82, 2.24) is 5.32 Å². The molecular weight excluding hydrogens is 500 g/mol. The molecule has 0 aromatic rings. The average Bonchev–Trinajstić information content (AvgIpc) is 2.98. The second-order valence-corrected chi connectivity index (χ2v) is 12.8. The monoisotopic (exact) mass is 577 g/mol. The third-order valence-corrected chi connectivity index (χ3v) is 8.60. The molecule has 41 heavy (non-hydrogen) atoms. The fourth-order valence-corrected chi connectivity index (χ4v) is 5.79. The fourth-order valence-electron chi connectivity index (χ4n) is 5.79. The second kappa shape index (κ2) is 37.4. The number of nitrogens with two attached hydrogens (primary N) is 1. The molecule has 0 unspecified atom stereocenters. The largest absolute Gasteiger partial charge is 0.329 e. The lowest BCUT2D eigenvalue weighted by atomic mass is 10.0. The van der Waals surface area contributed by atoms with E-state index in [1.807, 2.05) is 0 Å². The molecule has 0 aliphatic heterocycles. The highest BCUT2D eigenvalue weighted by molar-refractivity contribution is 5.78. The summed E-state index contributed by atoms with van der Waals surface area (Å²) in [5, 5.41) is 3.37. The van der Waals surface area contributed by atoms with Crippen LogP contribution in [-0.4, -0.2) is 25.4 Å². The van der Waals surface area contributed by atoms with Crippen molar-refractivity contribution < 1.29 is 4.79 Å². The van der Waals surface area contributed by atoms with Gasteiger partial charge in [0.2, 0.25) is 0 Å². The topological polar surface area (TPSA) is 55.1 Å². The molecule has 0 aromatic heterocycles. The first-order valence-corrected chi connectivity index (χ1v) is 18.9. The zero-order chi connectivity index (χ0) is 29.7. The summed E-state index contributed by atoms with van der Waals surface area (Å²) in [4.78, 5) is 12.2. The summed E-state index contributed by atoms with van der Waals surface area (Å²) in [5.74, 6) is 0.512. The molecule has 0 saturated carbocycles. The van der Waals surface area contributed by atoms with Crippen molar-refractivity contribution in [1.29, 1.82) is 0 Å². The molecule has 0 atom stereocenters. The number of allylic oxidation sites excluding steroid dienone is 2. The minimum absolute atomic E-state index is 0.512. The van der Waals surface area contributed by atoms with Crippen molar-refractivity contribution in [3.8, 4) is 0 Å². The standard InChI is InChI=1S/C38H76N2O/c1-2-3-4-5-6-7-8-9-12-15-18-21-24-27-30-33-38(41)34-31-28-25-22-19-16-13-10-11-14-17-20-23-26-29-32-36-40-37-35-39/h9,12,40H,2-8,10-11,13-37,39H2,1H3. The Labute approximate surface area is 259 Å². The van der Waals surface area contributed by atoms with Crippen LogP contribution in [-0.2, 0) is 4.79 Å². The molecule has 0 fully saturated rings. The number of ketones is 1. The van der Waals surface area contributed by atoms with E-state index >= 15 is 0 Å². The van der Waals surface area contributed by atoms with Gasteiger partial charge in [0, 0.05) is 25.9 Å². The SMILES string of the molecule is CCCCCCCCC=CCCCCCCCC(=O)CCCCCCCCCCCCCCCCCCNCCN. The Morgan fingerprint density at radius 1 is 0.463 bits per heavy atom. The van der Waals surface area contributed by atoms with Gasteiger partial charge in [-0.3, -0.25) is 4.79 Å². The van der Waals surface area contributed by atoms with Gasteiger partial charge in [-0.15, -0.1) is 0 Å². The Morgan fingerprint density at radius 3 is 1.20 bits per heavy atom. The summed E-state index contributed by atoms with van der Waals surface area (Å²) < 4.78 is 0. The molecule has 0 aliphatic rings. The molecule has 0 spiro atoms. The number of carbonyl (C=O) groups excluding carboxylic acids is 1. The van der Waals surface area contributed by atoms with Crippen LogP contribution in [0.5, 0.6) is 0 Å². The minimum Gasteiger partial charge on any atom is -0.329 e. The molecule has 3 nitrogen and oxygen atoms in total. The number of carbonyl (C=O) groups is 1. The molecule has 0 radical (unpaired) electrons. The van der Waals surface area contributed by atoms with Crippen LogP contribution in [0.2, 0.25) is 0 Å². The van der Waals surface area contributed by atoms with Crippen molar-refractivity contribution in [3.63, 3.8) is 0 Å². The molecule has 0 rings (SSSR count). The minimum atomic E-state index is 0.512.